The van der Waals surface area contributed by atoms with Crippen LogP contribution in [0.25, 0.3) is 0 Å². The van der Waals surface area contributed by atoms with E-state index in [2.05, 4.69) is 0 Å². The average molecular weight is 227 g/mol. The van der Waals surface area contributed by atoms with Crippen LogP contribution >= 0.6 is 23.2 Å². The van der Waals surface area contributed by atoms with E-state index in [0.717, 1.165) is 19.3 Å². The largest absolute Gasteiger partial charge is 0.389 e. The minimum atomic E-state index is -0.739. The third kappa shape index (κ3) is 5.77. The maximum absolute atomic E-state index is 9.79. The predicted molar refractivity (Wildman–Crippen MR) is 59.7 cm³/mol. The molecule has 0 heterocycles. The normalized spacial score (nSPS) is 20.8. The Morgan fingerprint density at radius 1 is 1.31 bits per heavy atom. The lowest BCUT2D eigenvalue weighted by atomic mass is 9.95. The van der Waals surface area contributed by atoms with E-state index in [4.69, 9.17) is 23.2 Å². The van der Waals surface area contributed by atoms with Crippen molar-refractivity contribution >= 4 is 23.2 Å². The highest BCUT2D eigenvalue weighted by molar-refractivity contribution is 6.21. The van der Waals surface area contributed by atoms with Crippen LogP contribution in [0.4, 0.5) is 0 Å². The van der Waals surface area contributed by atoms with E-state index in [9.17, 15) is 5.11 Å². The van der Waals surface area contributed by atoms with Crippen LogP contribution in [-0.2, 0) is 0 Å². The molecule has 0 aromatic heterocycles. The van der Waals surface area contributed by atoms with Gasteiger partial charge in [-0.3, -0.25) is 0 Å². The minimum absolute atomic E-state index is 0.159. The molecule has 0 aliphatic heterocycles. The van der Waals surface area contributed by atoms with Gasteiger partial charge < -0.3 is 5.11 Å². The summed E-state index contributed by atoms with van der Waals surface area (Å²) < 4.78 is 0. The van der Waals surface area contributed by atoms with Crippen LogP contribution in [0.1, 0.15) is 46.5 Å². The zero-order valence-electron chi connectivity index (χ0n) is 8.69. The maximum Gasteiger partial charge on any atom is 0.0780 e. The summed E-state index contributed by atoms with van der Waals surface area (Å²) >= 11 is 11.9. The summed E-state index contributed by atoms with van der Waals surface area (Å²) in [5.41, 5.74) is -0.739. The van der Waals surface area contributed by atoms with Gasteiger partial charge in [-0.15, -0.1) is 23.2 Å². The van der Waals surface area contributed by atoms with Gasteiger partial charge in [-0.05, 0) is 33.1 Å². The van der Waals surface area contributed by atoms with Crippen molar-refractivity contribution in [2.75, 3.05) is 0 Å². The van der Waals surface area contributed by atoms with E-state index < -0.39 is 5.60 Å². The molecular weight excluding hydrogens is 207 g/mol. The van der Waals surface area contributed by atoms with Crippen molar-refractivity contribution in [3.05, 3.63) is 0 Å². The van der Waals surface area contributed by atoms with Crippen LogP contribution in [0.2, 0.25) is 0 Å². The van der Waals surface area contributed by atoms with E-state index in [-0.39, 0.29) is 10.8 Å². The Morgan fingerprint density at radius 2 is 1.85 bits per heavy atom. The van der Waals surface area contributed by atoms with Gasteiger partial charge in [0.25, 0.3) is 0 Å². The summed E-state index contributed by atoms with van der Waals surface area (Å²) in [5, 5.41) is 9.84. The second-order valence-electron chi connectivity index (χ2n) is 3.89. The molecule has 0 bridgehead atoms. The van der Waals surface area contributed by atoms with E-state index in [1.807, 2.05) is 13.8 Å². The van der Waals surface area contributed by atoms with Gasteiger partial charge in [-0.1, -0.05) is 13.3 Å². The molecule has 0 saturated heterocycles. The van der Waals surface area contributed by atoms with Crippen molar-refractivity contribution in [1.29, 1.82) is 0 Å². The van der Waals surface area contributed by atoms with Gasteiger partial charge >= 0.3 is 0 Å². The second-order valence-corrected chi connectivity index (χ2v) is 5.16. The fraction of sp³-hybridized carbons (Fsp3) is 1.00. The first kappa shape index (κ1) is 13.5. The Balaban J connectivity index is 3.68. The average Bonchev–Trinajstić information content (AvgIpc) is 2.03. The number of halogens is 2. The first-order chi connectivity index (χ1) is 5.90. The van der Waals surface area contributed by atoms with Crippen LogP contribution in [-0.4, -0.2) is 21.5 Å². The quantitative estimate of drug-likeness (QED) is 0.688. The van der Waals surface area contributed by atoms with Crippen molar-refractivity contribution in [2.24, 2.45) is 0 Å². The molecule has 0 amide bonds. The maximum atomic E-state index is 9.79. The fourth-order valence-electron chi connectivity index (χ4n) is 1.11. The smallest absolute Gasteiger partial charge is 0.0780 e. The number of hydrogen-bond acceptors (Lipinski definition) is 1. The molecule has 13 heavy (non-hydrogen) atoms. The Labute approximate surface area is 91.4 Å². The first-order valence-corrected chi connectivity index (χ1v) is 5.78. The molecule has 3 atom stereocenters. The second kappa shape index (κ2) is 6.10. The lowest BCUT2D eigenvalue weighted by molar-refractivity contribution is 0.0484. The lowest BCUT2D eigenvalue weighted by Gasteiger charge is -2.27. The molecule has 0 aromatic rings. The van der Waals surface area contributed by atoms with Crippen molar-refractivity contribution in [3.8, 4) is 0 Å². The fourth-order valence-corrected chi connectivity index (χ4v) is 1.57. The molecule has 1 nitrogen and oxygen atoms in total. The molecule has 0 spiro atoms. The predicted octanol–water partition coefficient (Wildman–Crippen LogP) is 3.55. The van der Waals surface area contributed by atoms with E-state index >= 15 is 0 Å². The highest BCUT2D eigenvalue weighted by Crippen LogP contribution is 2.24. The molecule has 80 valence electrons. The zero-order chi connectivity index (χ0) is 10.5. The Hall–Kier alpha value is 0.540. The minimum Gasteiger partial charge on any atom is -0.389 e. The first-order valence-electron chi connectivity index (χ1n) is 4.90. The van der Waals surface area contributed by atoms with Crippen LogP contribution in [0.5, 0.6) is 0 Å². The van der Waals surface area contributed by atoms with Crippen molar-refractivity contribution in [3.63, 3.8) is 0 Å². The van der Waals surface area contributed by atoms with Gasteiger partial charge in [0.2, 0.25) is 0 Å². The summed E-state index contributed by atoms with van der Waals surface area (Å²) in [4.78, 5) is 0. The summed E-state index contributed by atoms with van der Waals surface area (Å²) in [6.45, 7) is 5.71. The number of hydrogen-bond donors (Lipinski definition) is 1. The summed E-state index contributed by atoms with van der Waals surface area (Å²) in [7, 11) is 0. The van der Waals surface area contributed by atoms with Gasteiger partial charge in [0.15, 0.2) is 0 Å². The molecule has 0 aromatic carbocycles. The molecule has 1 N–H and O–H groups in total. The van der Waals surface area contributed by atoms with Crippen LogP contribution < -0.4 is 0 Å². The molecule has 0 rings (SSSR count). The molecule has 0 fully saturated rings. The number of rotatable bonds is 6. The van der Waals surface area contributed by atoms with Gasteiger partial charge in [0.05, 0.1) is 11.0 Å². The summed E-state index contributed by atoms with van der Waals surface area (Å²) in [5.74, 6) is 0. The van der Waals surface area contributed by atoms with Crippen LogP contribution in [0.3, 0.4) is 0 Å². The third-order valence-electron chi connectivity index (χ3n) is 2.45. The van der Waals surface area contributed by atoms with Crippen molar-refractivity contribution < 1.29 is 5.11 Å². The molecule has 0 radical (unpaired) electrons. The Kier molecular flexibility index (Phi) is 6.36. The van der Waals surface area contributed by atoms with E-state index in [1.165, 1.54) is 0 Å². The van der Waals surface area contributed by atoms with Crippen molar-refractivity contribution in [1.82, 2.24) is 0 Å². The van der Waals surface area contributed by atoms with E-state index in [1.54, 1.807) is 6.92 Å². The summed E-state index contributed by atoms with van der Waals surface area (Å²) in [6.07, 6.45) is 3.47. The van der Waals surface area contributed by atoms with Crippen molar-refractivity contribution in [2.45, 2.75) is 62.8 Å². The highest BCUT2D eigenvalue weighted by Gasteiger charge is 2.27. The molecule has 0 aliphatic rings. The monoisotopic (exact) mass is 226 g/mol. The number of alkyl halides is 2. The standard InChI is InChI=1S/C10H20Cl2O/c1-4-10(3,13)9(12)7-5-6-8(2)11/h8-9,13H,4-7H2,1-3H3. The Morgan fingerprint density at radius 3 is 2.23 bits per heavy atom. The highest BCUT2D eigenvalue weighted by atomic mass is 35.5. The van der Waals surface area contributed by atoms with Crippen LogP contribution in [0, 0.1) is 0 Å². The molecule has 0 aliphatic carbocycles. The van der Waals surface area contributed by atoms with Gasteiger partial charge in [0.1, 0.15) is 0 Å². The number of aliphatic hydroxyl groups is 1. The lowest BCUT2D eigenvalue weighted by Crippen LogP contribution is -2.34. The van der Waals surface area contributed by atoms with Gasteiger partial charge in [-0.25, -0.2) is 0 Å². The van der Waals surface area contributed by atoms with Gasteiger partial charge in [0, 0.05) is 5.38 Å². The van der Waals surface area contributed by atoms with Gasteiger partial charge in [-0.2, -0.15) is 0 Å². The Bertz CT molecular complexity index is 135. The molecular formula is C10H20Cl2O. The topological polar surface area (TPSA) is 20.2 Å². The molecule has 3 heteroatoms. The van der Waals surface area contributed by atoms with E-state index in [0.29, 0.717) is 6.42 Å². The molecule has 0 saturated carbocycles. The third-order valence-corrected chi connectivity index (χ3v) is 3.36. The summed E-state index contributed by atoms with van der Waals surface area (Å²) in [6, 6.07) is 0. The van der Waals surface area contributed by atoms with Crippen LogP contribution in [0.15, 0.2) is 0 Å². The zero-order valence-corrected chi connectivity index (χ0v) is 10.2. The SMILES string of the molecule is CCC(C)(O)C(Cl)CCCC(C)Cl. The molecule has 3 unspecified atom stereocenters.